The minimum absolute atomic E-state index is 0.0603. The first-order valence-corrected chi connectivity index (χ1v) is 18.3. The van der Waals surface area contributed by atoms with E-state index in [0.717, 1.165) is 48.2 Å². The second-order valence-electron chi connectivity index (χ2n) is 14.3. The Balaban J connectivity index is 1.27. The molecule has 254 valence electrons. The molecule has 2 aliphatic carbocycles. The number of carbonyl (C=O) groups excluding carboxylic acids is 1. The van der Waals surface area contributed by atoms with Crippen molar-refractivity contribution in [1.29, 1.82) is 5.26 Å². The van der Waals surface area contributed by atoms with E-state index < -0.39 is 5.82 Å². The average Bonchev–Trinajstić information content (AvgIpc) is 3.40. The molecule has 5 aliphatic rings. The lowest BCUT2D eigenvalue weighted by molar-refractivity contribution is -0.133. The molecule has 5 fully saturated rings. The summed E-state index contributed by atoms with van der Waals surface area (Å²) in [5, 5.41) is 15.5. The van der Waals surface area contributed by atoms with E-state index >= 15 is 4.39 Å². The third-order valence-electron chi connectivity index (χ3n) is 11.3. The molecular formula is C40H36Cl2FN5O2. The minimum Gasteiger partial charge on any atom is -0.488 e. The quantitative estimate of drug-likeness (QED) is 0.174. The SMILES string of the molecule is Cc1nc2c(F)c(-c3cccc(Cl)c3Cl)c(CCC#N)cc2c2c1cc([C@H]1C[C@H](Oc3ccccc3)CN1C(=O)C1CC1)n2[C@H]1[C@H]2CN[C@@H]1C2. The van der Waals surface area contributed by atoms with Crippen molar-refractivity contribution in [3.8, 4) is 22.9 Å². The lowest BCUT2D eigenvalue weighted by Crippen LogP contribution is -2.41. The Morgan fingerprint density at radius 2 is 1.92 bits per heavy atom. The number of aromatic nitrogens is 2. The zero-order valence-corrected chi connectivity index (χ0v) is 29.1. The average molecular weight is 709 g/mol. The molecular weight excluding hydrogens is 672 g/mol. The lowest BCUT2D eigenvalue weighted by Gasteiger charge is -2.39. The van der Waals surface area contributed by atoms with E-state index in [4.69, 9.17) is 32.9 Å². The molecule has 10 rings (SSSR count). The first-order valence-electron chi connectivity index (χ1n) is 17.6. The molecule has 7 nitrogen and oxygen atoms in total. The third kappa shape index (κ3) is 5.08. The van der Waals surface area contributed by atoms with Crippen molar-refractivity contribution in [1.82, 2.24) is 19.8 Å². The van der Waals surface area contributed by atoms with Crippen molar-refractivity contribution in [2.24, 2.45) is 11.8 Å². The van der Waals surface area contributed by atoms with Crippen LogP contribution in [0.4, 0.5) is 4.39 Å². The van der Waals surface area contributed by atoms with Crippen molar-refractivity contribution < 1.29 is 13.9 Å². The summed E-state index contributed by atoms with van der Waals surface area (Å²) in [5.41, 5.74) is 4.44. The first kappa shape index (κ1) is 31.8. The number of hydrogen-bond acceptors (Lipinski definition) is 5. The normalized spacial score (nSPS) is 24.1. The Kier molecular flexibility index (Phi) is 7.80. The number of fused-ring (bicyclic) bond motifs is 4. The summed E-state index contributed by atoms with van der Waals surface area (Å²) in [6.07, 6.45) is 3.97. The Bertz CT molecular complexity index is 2210. The van der Waals surface area contributed by atoms with E-state index in [1.54, 1.807) is 18.2 Å². The van der Waals surface area contributed by atoms with Gasteiger partial charge < -0.3 is 19.5 Å². The molecule has 5 atom stereocenters. The molecule has 50 heavy (non-hydrogen) atoms. The third-order valence-corrected chi connectivity index (χ3v) is 12.1. The Hall–Kier alpha value is -4.16. The number of nitrogens with zero attached hydrogens (tertiary/aromatic N) is 4. The highest BCUT2D eigenvalue weighted by Gasteiger charge is 2.51. The smallest absolute Gasteiger partial charge is 0.226 e. The van der Waals surface area contributed by atoms with Gasteiger partial charge in [0.25, 0.3) is 0 Å². The van der Waals surface area contributed by atoms with Crippen molar-refractivity contribution in [3.05, 3.63) is 93.5 Å². The Morgan fingerprint density at radius 3 is 2.64 bits per heavy atom. The number of benzene rings is 3. The summed E-state index contributed by atoms with van der Waals surface area (Å²) in [6, 6.07) is 21.7. The number of hydrogen-bond donors (Lipinski definition) is 1. The van der Waals surface area contributed by atoms with Crippen LogP contribution in [-0.2, 0) is 11.2 Å². The van der Waals surface area contributed by atoms with Gasteiger partial charge in [0.1, 0.15) is 17.4 Å². The van der Waals surface area contributed by atoms with Crippen LogP contribution in [-0.4, -0.2) is 45.6 Å². The Labute approximate surface area is 299 Å². The maximum atomic E-state index is 17.1. The number of para-hydroxylation sites is 1. The predicted octanol–water partition coefficient (Wildman–Crippen LogP) is 8.73. The van der Waals surface area contributed by atoms with E-state index in [-0.39, 0.29) is 53.0 Å². The highest BCUT2D eigenvalue weighted by molar-refractivity contribution is 6.43. The summed E-state index contributed by atoms with van der Waals surface area (Å²) in [5.74, 6) is 0.992. The number of pyridine rings is 1. The fourth-order valence-electron chi connectivity index (χ4n) is 8.76. The van der Waals surface area contributed by atoms with E-state index in [1.165, 1.54) is 0 Å². The second-order valence-corrected chi connectivity index (χ2v) is 15.1. The van der Waals surface area contributed by atoms with Gasteiger partial charge in [-0.1, -0.05) is 53.5 Å². The minimum atomic E-state index is -0.476. The van der Waals surface area contributed by atoms with Crippen LogP contribution in [0.2, 0.25) is 10.0 Å². The number of carbonyl (C=O) groups is 1. The van der Waals surface area contributed by atoms with Gasteiger partial charge in [-0.2, -0.15) is 5.26 Å². The van der Waals surface area contributed by atoms with Gasteiger partial charge in [0.2, 0.25) is 5.91 Å². The number of amides is 1. The highest BCUT2D eigenvalue weighted by Crippen LogP contribution is 2.51. The lowest BCUT2D eigenvalue weighted by atomic mass is 9.79. The van der Waals surface area contributed by atoms with E-state index in [1.807, 2.05) is 48.2 Å². The number of likely N-dealkylation sites (tertiary alicyclic amines) is 1. The van der Waals surface area contributed by atoms with Crippen molar-refractivity contribution in [3.63, 3.8) is 0 Å². The molecule has 2 bridgehead atoms. The molecule has 3 aromatic carbocycles. The number of rotatable bonds is 8. The first-order chi connectivity index (χ1) is 24.3. The number of nitrogens with one attached hydrogen (secondary N) is 1. The van der Waals surface area contributed by atoms with Gasteiger partial charge in [-0.05, 0) is 74.4 Å². The molecule has 2 aromatic heterocycles. The molecule has 5 aromatic rings. The van der Waals surface area contributed by atoms with E-state index in [2.05, 4.69) is 22.0 Å². The van der Waals surface area contributed by atoms with Crippen LogP contribution in [0, 0.1) is 35.9 Å². The Morgan fingerprint density at radius 1 is 1.10 bits per heavy atom. The van der Waals surface area contributed by atoms with Crippen molar-refractivity contribution >= 4 is 50.9 Å². The summed E-state index contributed by atoms with van der Waals surface area (Å²) in [7, 11) is 0. The molecule has 5 heterocycles. The largest absolute Gasteiger partial charge is 0.488 e. The maximum absolute atomic E-state index is 17.1. The zero-order chi connectivity index (χ0) is 34.3. The highest BCUT2D eigenvalue weighted by atomic mass is 35.5. The van der Waals surface area contributed by atoms with Crippen LogP contribution >= 0.6 is 23.2 Å². The molecule has 10 heteroatoms. The van der Waals surface area contributed by atoms with Crippen molar-refractivity contribution in [2.45, 2.75) is 69.7 Å². The van der Waals surface area contributed by atoms with Crippen LogP contribution in [0.1, 0.15) is 61.1 Å². The van der Waals surface area contributed by atoms with Gasteiger partial charge in [0.05, 0.1) is 40.3 Å². The van der Waals surface area contributed by atoms with Crippen LogP contribution in [0.15, 0.2) is 60.7 Å². The maximum Gasteiger partial charge on any atom is 0.226 e. The topological polar surface area (TPSA) is 83.2 Å². The number of aryl methyl sites for hydroxylation is 2. The monoisotopic (exact) mass is 707 g/mol. The summed E-state index contributed by atoms with van der Waals surface area (Å²) in [4.78, 5) is 20.9. The molecule has 3 saturated heterocycles. The van der Waals surface area contributed by atoms with Gasteiger partial charge in [-0.15, -0.1) is 0 Å². The van der Waals surface area contributed by atoms with Gasteiger partial charge in [-0.3, -0.25) is 4.79 Å². The molecule has 2 saturated carbocycles. The molecule has 0 unspecified atom stereocenters. The fourth-order valence-corrected chi connectivity index (χ4v) is 9.16. The summed E-state index contributed by atoms with van der Waals surface area (Å²) < 4.78 is 26.1. The predicted molar refractivity (Wildman–Crippen MR) is 193 cm³/mol. The molecule has 1 N–H and O–H groups in total. The summed E-state index contributed by atoms with van der Waals surface area (Å²) >= 11 is 13.1. The summed E-state index contributed by atoms with van der Waals surface area (Å²) in [6.45, 7) is 3.37. The van der Waals surface area contributed by atoms with Crippen LogP contribution in [0.25, 0.3) is 32.9 Å². The molecule has 3 aliphatic heterocycles. The zero-order valence-electron chi connectivity index (χ0n) is 27.6. The van der Waals surface area contributed by atoms with Gasteiger partial charge in [0, 0.05) is 64.6 Å². The number of halogens is 3. The van der Waals surface area contributed by atoms with E-state index in [9.17, 15) is 10.1 Å². The van der Waals surface area contributed by atoms with E-state index in [0.29, 0.717) is 58.1 Å². The standard InChI is InChI=1S/C40H36Cl2FN5O2/c1-21-28-18-33(32-17-26(50-25-8-3-2-4-9-25)20-47(32)40(49)22-12-13-22)48(38-24-16-31(38)45-19-24)39(28)29-15-23(7-6-14-44)34(36(43)37(29)46-21)27-10-5-11-30(41)35(27)42/h2-5,8-11,15,18,22,24,26,31-32,38,45H,6-7,12-13,16-17,19-20H2,1H3/t24-,26+,31-,32-,38+/m1/s1. The van der Waals surface area contributed by atoms with Crippen LogP contribution < -0.4 is 10.1 Å². The number of nitriles is 1. The van der Waals surface area contributed by atoms with Gasteiger partial charge in [-0.25, -0.2) is 9.37 Å². The van der Waals surface area contributed by atoms with Gasteiger partial charge >= 0.3 is 0 Å². The molecule has 0 spiro atoms. The van der Waals surface area contributed by atoms with Crippen LogP contribution in [0.5, 0.6) is 5.75 Å². The van der Waals surface area contributed by atoms with Gasteiger partial charge in [0.15, 0.2) is 5.82 Å². The van der Waals surface area contributed by atoms with Crippen LogP contribution in [0.3, 0.4) is 0 Å². The van der Waals surface area contributed by atoms with Crippen molar-refractivity contribution in [2.75, 3.05) is 13.1 Å². The second kappa shape index (κ2) is 12.3. The molecule has 0 radical (unpaired) electrons. The molecule has 1 amide bonds. The number of ether oxygens (including phenoxy) is 1. The fraction of sp³-hybridized carbons (Fsp3) is 0.375.